The molecule has 1 aromatic carbocycles. The van der Waals surface area contributed by atoms with Gasteiger partial charge in [0.15, 0.2) is 0 Å². The molecule has 0 saturated carbocycles. The Bertz CT molecular complexity index is 718. The molecule has 2 heterocycles. The molecule has 2 atom stereocenters. The Balaban J connectivity index is 1.32. The zero-order valence-corrected chi connectivity index (χ0v) is 17.9. The van der Waals surface area contributed by atoms with Crippen molar-refractivity contribution >= 4 is 12.2 Å². The van der Waals surface area contributed by atoms with Gasteiger partial charge in [-0.15, -0.1) is 0 Å². The second kappa shape index (κ2) is 9.64. The summed E-state index contributed by atoms with van der Waals surface area (Å²) in [5, 5.41) is 0. The van der Waals surface area contributed by atoms with Crippen LogP contribution in [-0.4, -0.2) is 72.6 Å². The molecule has 3 rings (SSSR count). The van der Waals surface area contributed by atoms with Crippen molar-refractivity contribution in [2.45, 2.75) is 51.7 Å². The maximum atomic E-state index is 14.5. The van der Waals surface area contributed by atoms with Gasteiger partial charge in [0.25, 0.3) is 0 Å². The van der Waals surface area contributed by atoms with Crippen LogP contribution in [0.25, 0.3) is 0 Å². The van der Waals surface area contributed by atoms with Crippen molar-refractivity contribution in [2.24, 2.45) is 5.92 Å². The molecule has 0 radical (unpaired) electrons. The van der Waals surface area contributed by atoms with E-state index < -0.39 is 24.0 Å². The number of hydrogen-bond acceptors (Lipinski definition) is 5. The summed E-state index contributed by atoms with van der Waals surface area (Å²) < 4.78 is 30.8. The summed E-state index contributed by atoms with van der Waals surface area (Å²) in [5.74, 6) is 0.172. The van der Waals surface area contributed by atoms with E-state index in [-0.39, 0.29) is 25.2 Å². The normalized spacial score (nSPS) is 22.4. The molecule has 0 unspecified atom stereocenters. The minimum absolute atomic E-state index is 0.0256. The van der Waals surface area contributed by atoms with Crippen molar-refractivity contribution in [2.75, 3.05) is 32.8 Å². The molecule has 166 valence electrons. The maximum absolute atomic E-state index is 14.5. The van der Waals surface area contributed by atoms with Gasteiger partial charge in [0.05, 0.1) is 19.3 Å². The van der Waals surface area contributed by atoms with Crippen molar-refractivity contribution in [1.29, 1.82) is 0 Å². The quantitative estimate of drug-likeness (QED) is 0.725. The number of nitrogens with zero attached hydrogens (tertiary/aromatic N) is 2. The van der Waals surface area contributed by atoms with E-state index in [2.05, 4.69) is 0 Å². The smallest absolute Gasteiger partial charge is 0.410 e. The molecule has 2 fully saturated rings. The molecule has 0 N–H and O–H groups in total. The van der Waals surface area contributed by atoms with E-state index in [9.17, 15) is 14.0 Å². The number of halogens is 1. The van der Waals surface area contributed by atoms with Gasteiger partial charge in [0.2, 0.25) is 0 Å². The van der Waals surface area contributed by atoms with Gasteiger partial charge in [0.1, 0.15) is 18.4 Å². The number of amides is 2. The number of rotatable bonds is 5. The van der Waals surface area contributed by atoms with Crippen molar-refractivity contribution in [1.82, 2.24) is 9.80 Å². The third-order valence-corrected chi connectivity index (χ3v) is 5.10. The molecule has 1 aromatic rings. The van der Waals surface area contributed by atoms with Gasteiger partial charge in [-0.05, 0) is 32.8 Å². The largest absolute Gasteiger partial charge is 0.445 e. The van der Waals surface area contributed by atoms with E-state index in [1.807, 2.05) is 30.3 Å². The molecule has 8 heteroatoms. The topological polar surface area (TPSA) is 68.3 Å². The summed E-state index contributed by atoms with van der Waals surface area (Å²) >= 11 is 0. The van der Waals surface area contributed by atoms with Crippen molar-refractivity contribution < 1.29 is 28.2 Å². The molecule has 0 spiro atoms. The Kier molecular flexibility index (Phi) is 7.18. The molecule has 2 aliphatic heterocycles. The first-order valence-corrected chi connectivity index (χ1v) is 10.4. The van der Waals surface area contributed by atoms with Gasteiger partial charge in [-0.1, -0.05) is 30.3 Å². The molecule has 7 nitrogen and oxygen atoms in total. The predicted octanol–water partition coefficient (Wildman–Crippen LogP) is 3.62. The first-order valence-electron chi connectivity index (χ1n) is 10.4. The van der Waals surface area contributed by atoms with Crippen LogP contribution in [0, 0.1) is 5.92 Å². The van der Waals surface area contributed by atoms with Crippen LogP contribution in [0.1, 0.15) is 32.8 Å². The van der Waals surface area contributed by atoms with Crippen molar-refractivity contribution in [3.63, 3.8) is 0 Å². The molecular weight excluding hydrogens is 391 g/mol. The highest BCUT2D eigenvalue weighted by molar-refractivity contribution is 5.69. The monoisotopic (exact) mass is 422 g/mol. The summed E-state index contributed by atoms with van der Waals surface area (Å²) in [5.41, 5.74) is 0.340. The summed E-state index contributed by atoms with van der Waals surface area (Å²) in [6.07, 6.45) is -2.20. The SMILES string of the molecule is CC(C)(C)OC(=O)N1CC[C@@H](OCC2CN(C(=O)OCc3ccccc3)C2)[C@@H](F)C1. The molecule has 30 heavy (non-hydrogen) atoms. The van der Waals surface area contributed by atoms with Crippen molar-refractivity contribution in [3.05, 3.63) is 35.9 Å². The van der Waals surface area contributed by atoms with E-state index in [1.54, 1.807) is 25.7 Å². The lowest BCUT2D eigenvalue weighted by atomic mass is 10.0. The summed E-state index contributed by atoms with van der Waals surface area (Å²) in [7, 11) is 0. The molecule has 2 saturated heterocycles. The van der Waals surface area contributed by atoms with Gasteiger partial charge in [0, 0.05) is 25.6 Å². The highest BCUT2D eigenvalue weighted by atomic mass is 19.1. The lowest BCUT2D eigenvalue weighted by Gasteiger charge is -2.40. The highest BCUT2D eigenvalue weighted by Gasteiger charge is 2.37. The predicted molar refractivity (Wildman–Crippen MR) is 109 cm³/mol. The number of alkyl halides is 1. The molecule has 0 aromatic heterocycles. The van der Waals surface area contributed by atoms with E-state index in [0.29, 0.717) is 32.7 Å². The Hall–Kier alpha value is -2.35. The molecule has 0 aliphatic carbocycles. The van der Waals surface area contributed by atoms with Crippen LogP contribution < -0.4 is 0 Å². The minimum atomic E-state index is -1.25. The second-order valence-electron chi connectivity index (χ2n) is 8.91. The fourth-order valence-corrected chi connectivity index (χ4v) is 3.46. The lowest BCUT2D eigenvalue weighted by molar-refractivity contribution is -0.0762. The van der Waals surface area contributed by atoms with Crippen LogP contribution in [0.2, 0.25) is 0 Å². The average molecular weight is 422 g/mol. The minimum Gasteiger partial charge on any atom is -0.445 e. The average Bonchev–Trinajstić information content (AvgIpc) is 2.65. The summed E-state index contributed by atoms with van der Waals surface area (Å²) in [6, 6.07) is 9.52. The van der Waals surface area contributed by atoms with Crippen LogP contribution >= 0.6 is 0 Å². The number of hydrogen-bond donors (Lipinski definition) is 0. The maximum Gasteiger partial charge on any atom is 0.410 e. The third kappa shape index (κ3) is 6.32. The standard InChI is InChI=1S/C22H31FN2O5/c1-22(2,3)30-21(27)24-10-9-19(18(23)13-24)28-15-17-11-25(12-17)20(26)29-14-16-7-5-4-6-8-16/h4-8,17-19H,9-15H2,1-3H3/t18-,19+/m0/s1. The van der Waals surface area contributed by atoms with Crippen LogP contribution in [0.3, 0.4) is 0 Å². The van der Waals surface area contributed by atoms with Gasteiger partial charge < -0.3 is 24.0 Å². The molecular formula is C22H31FN2O5. The van der Waals surface area contributed by atoms with E-state index in [1.165, 1.54) is 4.90 Å². The fourth-order valence-electron chi connectivity index (χ4n) is 3.46. The van der Waals surface area contributed by atoms with Crippen molar-refractivity contribution in [3.8, 4) is 0 Å². The number of likely N-dealkylation sites (tertiary alicyclic amines) is 2. The highest BCUT2D eigenvalue weighted by Crippen LogP contribution is 2.23. The van der Waals surface area contributed by atoms with Crippen LogP contribution in [0.15, 0.2) is 30.3 Å². The number of carbonyl (C=O) groups is 2. The zero-order valence-electron chi connectivity index (χ0n) is 17.9. The first kappa shape index (κ1) is 22.3. The van der Waals surface area contributed by atoms with Gasteiger partial charge in [-0.25, -0.2) is 14.0 Å². The van der Waals surface area contributed by atoms with Crippen LogP contribution in [0.4, 0.5) is 14.0 Å². The van der Waals surface area contributed by atoms with E-state index in [4.69, 9.17) is 14.2 Å². The Morgan fingerprint density at radius 2 is 1.77 bits per heavy atom. The summed E-state index contributed by atoms with van der Waals surface area (Å²) in [6.45, 7) is 7.46. The number of ether oxygens (including phenoxy) is 3. The second-order valence-corrected chi connectivity index (χ2v) is 8.91. The number of carbonyl (C=O) groups excluding carboxylic acids is 2. The molecule has 2 aliphatic rings. The van der Waals surface area contributed by atoms with E-state index >= 15 is 0 Å². The van der Waals surface area contributed by atoms with E-state index in [0.717, 1.165) is 5.56 Å². The van der Waals surface area contributed by atoms with Crippen LogP contribution in [-0.2, 0) is 20.8 Å². The molecule has 0 bridgehead atoms. The van der Waals surface area contributed by atoms with Gasteiger partial charge in [-0.2, -0.15) is 0 Å². The first-order chi connectivity index (χ1) is 14.2. The fraction of sp³-hybridized carbons (Fsp3) is 0.636. The number of benzene rings is 1. The van der Waals surface area contributed by atoms with Gasteiger partial charge >= 0.3 is 12.2 Å². The Labute approximate surface area is 177 Å². The molecule has 2 amide bonds. The lowest BCUT2D eigenvalue weighted by Crippen LogP contribution is -2.53. The number of piperidine rings is 1. The van der Waals surface area contributed by atoms with Gasteiger partial charge in [-0.3, -0.25) is 0 Å². The summed E-state index contributed by atoms with van der Waals surface area (Å²) in [4.78, 5) is 27.1. The zero-order chi connectivity index (χ0) is 21.7. The Morgan fingerprint density at radius 1 is 1.07 bits per heavy atom. The Morgan fingerprint density at radius 3 is 2.40 bits per heavy atom. The van der Waals surface area contributed by atoms with Crippen LogP contribution in [0.5, 0.6) is 0 Å². The third-order valence-electron chi connectivity index (χ3n) is 5.10.